The van der Waals surface area contributed by atoms with Gasteiger partial charge in [0.15, 0.2) is 9.04 Å². The number of epoxide rings is 1. The molecule has 0 radical (unpaired) electrons. The summed E-state index contributed by atoms with van der Waals surface area (Å²) in [4.78, 5) is 0. The van der Waals surface area contributed by atoms with Crippen molar-refractivity contribution >= 4 is 9.04 Å². The molecule has 2 nitrogen and oxygen atoms in total. The molecule has 1 aliphatic carbocycles. The van der Waals surface area contributed by atoms with E-state index < -0.39 is 9.04 Å². The highest BCUT2D eigenvalue weighted by Crippen LogP contribution is 2.50. The molecule has 0 N–H and O–H groups in total. The van der Waals surface area contributed by atoms with E-state index in [0.717, 1.165) is 6.61 Å². The van der Waals surface area contributed by atoms with Gasteiger partial charge in [-0.05, 0) is 38.8 Å². The maximum absolute atomic E-state index is 5.86. The summed E-state index contributed by atoms with van der Waals surface area (Å²) in [6, 6.07) is 1.30. The van der Waals surface area contributed by atoms with Crippen LogP contribution in [-0.2, 0) is 9.16 Å². The molecule has 1 heterocycles. The average Bonchev–Trinajstić information content (AvgIpc) is 2.90. The highest BCUT2D eigenvalue weighted by molar-refractivity contribution is 6.50. The van der Waals surface area contributed by atoms with Crippen LogP contribution in [0.1, 0.15) is 39.0 Å². The van der Waals surface area contributed by atoms with Gasteiger partial charge in [0.05, 0.1) is 11.7 Å². The van der Waals surface area contributed by atoms with Crippen molar-refractivity contribution in [3.05, 3.63) is 0 Å². The van der Waals surface area contributed by atoms with Crippen molar-refractivity contribution in [3.63, 3.8) is 0 Å². The molecule has 1 saturated heterocycles. The van der Waals surface area contributed by atoms with E-state index in [1.165, 1.54) is 38.1 Å². The first kappa shape index (κ1) is 10.6. The minimum Gasteiger partial charge on any atom is -0.421 e. The molecule has 0 aromatic heterocycles. The number of rotatable bonds is 5. The fourth-order valence-electron chi connectivity index (χ4n) is 2.71. The van der Waals surface area contributed by atoms with Crippen LogP contribution in [0.2, 0.25) is 12.6 Å². The first-order valence-electron chi connectivity index (χ1n) is 6.06. The van der Waals surface area contributed by atoms with E-state index in [1.54, 1.807) is 0 Å². The molecular formula is C11H22O2Si. The summed E-state index contributed by atoms with van der Waals surface area (Å²) in [5, 5.41) is 0. The summed E-state index contributed by atoms with van der Waals surface area (Å²) in [7, 11) is -0.870. The Balaban J connectivity index is 1.70. The van der Waals surface area contributed by atoms with Crippen LogP contribution in [0.25, 0.3) is 0 Å². The molecule has 2 fully saturated rings. The summed E-state index contributed by atoms with van der Waals surface area (Å²) in [6.07, 6.45) is 7.27. The summed E-state index contributed by atoms with van der Waals surface area (Å²) in [5.74, 6) is 0. The van der Waals surface area contributed by atoms with Crippen LogP contribution in [0.5, 0.6) is 0 Å². The molecule has 2 rings (SSSR count). The molecular weight excluding hydrogens is 192 g/mol. The number of fused-ring (bicyclic) bond motifs is 1. The Labute approximate surface area is 88.7 Å². The predicted molar refractivity (Wildman–Crippen MR) is 60.1 cm³/mol. The Hall–Kier alpha value is 0.137. The summed E-state index contributed by atoms with van der Waals surface area (Å²) in [6.45, 7) is 5.30. The van der Waals surface area contributed by atoms with Crippen molar-refractivity contribution < 1.29 is 9.16 Å². The van der Waals surface area contributed by atoms with E-state index in [-0.39, 0.29) is 0 Å². The van der Waals surface area contributed by atoms with E-state index in [1.807, 2.05) is 0 Å². The van der Waals surface area contributed by atoms with Crippen LogP contribution in [0, 0.1) is 0 Å². The molecule has 3 heteroatoms. The van der Waals surface area contributed by atoms with Crippen molar-refractivity contribution in [1.29, 1.82) is 0 Å². The Morgan fingerprint density at radius 2 is 2.36 bits per heavy atom. The van der Waals surface area contributed by atoms with Gasteiger partial charge in [0.25, 0.3) is 0 Å². The smallest absolute Gasteiger partial charge is 0.173 e. The lowest BCUT2D eigenvalue weighted by atomic mass is 9.87. The van der Waals surface area contributed by atoms with Crippen molar-refractivity contribution in [3.8, 4) is 0 Å². The largest absolute Gasteiger partial charge is 0.421 e. The van der Waals surface area contributed by atoms with Gasteiger partial charge in [0.2, 0.25) is 0 Å². The van der Waals surface area contributed by atoms with Crippen LogP contribution in [-0.4, -0.2) is 27.4 Å². The van der Waals surface area contributed by atoms with Crippen LogP contribution in [0.4, 0.5) is 0 Å². The lowest BCUT2D eigenvalue weighted by Crippen LogP contribution is -2.23. The van der Waals surface area contributed by atoms with Gasteiger partial charge in [-0.15, -0.1) is 0 Å². The van der Waals surface area contributed by atoms with E-state index in [0.29, 0.717) is 11.7 Å². The topological polar surface area (TPSA) is 21.8 Å². The maximum atomic E-state index is 5.86. The van der Waals surface area contributed by atoms with Crippen LogP contribution >= 0.6 is 0 Å². The van der Waals surface area contributed by atoms with Gasteiger partial charge < -0.3 is 9.16 Å². The predicted octanol–water partition coefficient (Wildman–Crippen LogP) is 2.48. The molecule has 1 saturated carbocycles. The SMILES string of the molecule is CCO[SiH](C)CCC12CCCCC1O2. The molecule has 14 heavy (non-hydrogen) atoms. The quantitative estimate of drug-likeness (QED) is 0.518. The third-order valence-corrected chi connectivity index (χ3v) is 5.65. The average molecular weight is 214 g/mol. The molecule has 2 aliphatic rings. The molecule has 3 atom stereocenters. The standard InChI is InChI=1S/C11H22O2Si/c1-3-12-14(2)9-8-11-7-5-4-6-10(11)13-11/h10,14H,3-9H2,1-2H3. The molecule has 3 unspecified atom stereocenters. The van der Waals surface area contributed by atoms with Crippen molar-refractivity contribution in [2.24, 2.45) is 0 Å². The van der Waals surface area contributed by atoms with Crippen molar-refractivity contribution in [2.75, 3.05) is 6.61 Å². The second kappa shape index (κ2) is 4.33. The van der Waals surface area contributed by atoms with Gasteiger partial charge in [-0.3, -0.25) is 0 Å². The van der Waals surface area contributed by atoms with E-state index >= 15 is 0 Å². The third-order valence-electron chi connectivity index (χ3n) is 3.65. The third kappa shape index (κ3) is 2.20. The Morgan fingerprint density at radius 1 is 1.50 bits per heavy atom. The molecule has 82 valence electrons. The van der Waals surface area contributed by atoms with Gasteiger partial charge in [-0.2, -0.15) is 0 Å². The van der Waals surface area contributed by atoms with Gasteiger partial charge in [-0.1, -0.05) is 12.8 Å². The highest BCUT2D eigenvalue weighted by Gasteiger charge is 2.56. The second-order valence-electron chi connectivity index (χ2n) is 4.72. The van der Waals surface area contributed by atoms with Crippen molar-refractivity contribution in [2.45, 2.75) is 63.3 Å². The fourth-order valence-corrected chi connectivity index (χ4v) is 4.34. The van der Waals surface area contributed by atoms with E-state index in [2.05, 4.69) is 13.5 Å². The zero-order valence-electron chi connectivity index (χ0n) is 9.42. The van der Waals surface area contributed by atoms with E-state index in [4.69, 9.17) is 9.16 Å². The number of hydrogen-bond donors (Lipinski definition) is 0. The lowest BCUT2D eigenvalue weighted by Gasteiger charge is -2.18. The second-order valence-corrected chi connectivity index (χ2v) is 7.25. The van der Waals surface area contributed by atoms with Crippen molar-refractivity contribution in [1.82, 2.24) is 0 Å². The summed E-state index contributed by atoms with van der Waals surface area (Å²) >= 11 is 0. The van der Waals surface area contributed by atoms with Crippen LogP contribution < -0.4 is 0 Å². The minimum absolute atomic E-state index is 0.330. The highest BCUT2D eigenvalue weighted by atomic mass is 28.3. The Kier molecular flexibility index (Phi) is 3.29. The van der Waals surface area contributed by atoms with Gasteiger partial charge >= 0.3 is 0 Å². The van der Waals surface area contributed by atoms with E-state index in [9.17, 15) is 0 Å². The molecule has 0 bridgehead atoms. The molecule has 0 aromatic carbocycles. The fraction of sp³-hybridized carbons (Fsp3) is 1.00. The molecule has 0 amide bonds. The lowest BCUT2D eigenvalue weighted by molar-refractivity contribution is 0.273. The minimum atomic E-state index is -0.870. The summed E-state index contributed by atoms with van der Waals surface area (Å²) < 4.78 is 11.5. The van der Waals surface area contributed by atoms with Gasteiger partial charge in [0.1, 0.15) is 0 Å². The van der Waals surface area contributed by atoms with Gasteiger partial charge in [-0.25, -0.2) is 0 Å². The zero-order chi connectivity index (χ0) is 10.0. The first-order chi connectivity index (χ1) is 6.77. The Bertz CT molecular complexity index is 198. The molecule has 1 aliphatic heterocycles. The summed E-state index contributed by atoms with van der Waals surface area (Å²) in [5.41, 5.74) is 0.330. The maximum Gasteiger partial charge on any atom is 0.173 e. The van der Waals surface area contributed by atoms with Crippen LogP contribution in [0.15, 0.2) is 0 Å². The molecule has 0 aromatic rings. The first-order valence-corrected chi connectivity index (χ1v) is 8.50. The Morgan fingerprint density at radius 3 is 3.07 bits per heavy atom. The zero-order valence-corrected chi connectivity index (χ0v) is 10.6. The van der Waals surface area contributed by atoms with Crippen LogP contribution in [0.3, 0.4) is 0 Å². The molecule has 0 spiro atoms. The number of hydrogen-bond acceptors (Lipinski definition) is 2. The van der Waals surface area contributed by atoms with Gasteiger partial charge in [0, 0.05) is 6.61 Å². The monoisotopic (exact) mass is 214 g/mol. The normalized spacial score (nSPS) is 37.7. The number of ether oxygens (including phenoxy) is 1.